The smallest absolute Gasteiger partial charge is 0.0546 e. The lowest BCUT2D eigenvalue weighted by Crippen LogP contribution is -1.94. The zero-order chi connectivity index (χ0) is 9.84. The molecule has 1 aromatic rings. The maximum Gasteiger partial charge on any atom is 0.0546 e. The highest BCUT2D eigenvalue weighted by Crippen LogP contribution is 2.20. The van der Waals surface area contributed by atoms with Gasteiger partial charge in [0.1, 0.15) is 0 Å². The van der Waals surface area contributed by atoms with Gasteiger partial charge in [-0.3, -0.25) is 0 Å². The Morgan fingerprint density at radius 3 is 2.69 bits per heavy atom. The highest BCUT2D eigenvalue weighted by atomic mass is 14.6. The van der Waals surface area contributed by atoms with E-state index in [0.717, 1.165) is 16.7 Å². The van der Waals surface area contributed by atoms with E-state index in [4.69, 9.17) is 12.2 Å². The molecule has 0 fully saturated rings. The summed E-state index contributed by atoms with van der Waals surface area (Å²) < 4.78 is 0. The molecule has 0 aliphatic carbocycles. The molecule has 0 amide bonds. The first-order valence-corrected chi connectivity index (χ1v) is 4.18. The van der Waals surface area contributed by atoms with Crippen molar-refractivity contribution in [2.45, 2.75) is 13.8 Å². The second-order valence-corrected chi connectivity index (χ2v) is 2.96. The van der Waals surface area contributed by atoms with E-state index in [1.165, 1.54) is 0 Å². The van der Waals surface area contributed by atoms with Crippen molar-refractivity contribution in [2.75, 3.05) is 5.73 Å². The zero-order valence-corrected chi connectivity index (χ0v) is 7.96. The third kappa shape index (κ3) is 1.91. The van der Waals surface area contributed by atoms with Gasteiger partial charge in [-0.05, 0) is 37.1 Å². The molecular formula is C12H13N. The van der Waals surface area contributed by atoms with E-state index in [2.05, 4.69) is 5.92 Å². The highest BCUT2D eigenvalue weighted by molar-refractivity contribution is 5.71. The van der Waals surface area contributed by atoms with E-state index in [0.29, 0.717) is 5.69 Å². The molecule has 0 atom stereocenters. The number of rotatable bonds is 1. The lowest BCUT2D eigenvalue weighted by molar-refractivity contribution is 1.44. The van der Waals surface area contributed by atoms with Crippen LogP contribution in [0.1, 0.15) is 23.6 Å². The summed E-state index contributed by atoms with van der Waals surface area (Å²) in [7, 11) is 0. The molecule has 0 aliphatic heterocycles. The quantitative estimate of drug-likeness (QED) is 0.510. The number of aryl methyl sites for hydroxylation is 1. The van der Waals surface area contributed by atoms with Gasteiger partial charge in [-0.25, -0.2) is 0 Å². The van der Waals surface area contributed by atoms with Crippen LogP contribution >= 0.6 is 0 Å². The molecule has 0 aliphatic rings. The van der Waals surface area contributed by atoms with Crippen molar-refractivity contribution in [2.24, 2.45) is 0 Å². The Labute approximate surface area is 79.3 Å². The summed E-state index contributed by atoms with van der Waals surface area (Å²) >= 11 is 0. The monoisotopic (exact) mass is 171 g/mol. The van der Waals surface area contributed by atoms with Crippen molar-refractivity contribution in [1.29, 1.82) is 0 Å². The van der Waals surface area contributed by atoms with Gasteiger partial charge in [-0.15, -0.1) is 6.42 Å². The maximum absolute atomic E-state index is 5.86. The van der Waals surface area contributed by atoms with Crippen molar-refractivity contribution in [1.82, 2.24) is 0 Å². The maximum atomic E-state index is 5.86. The molecular weight excluding hydrogens is 158 g/mol. The van der Waals surface area contributed by atoms with Gasteiger partial charge in [0.25, 0.3) is 0 Å². The Bertz CT molecular complexity index is 381. The van der Waals surface area contributed by atoms with Gasteiger partial charge in [0, 0.05) is 5.56 Å². The van der Waals surface area contributed by atoms with E-state index >= 15 is 0 Å². The molecule has 2 N–H and O–H groups in total. The lowest BCUT2D eigenvalue weighted by atomic mass is 10.0. The average Bonchev–Trinajstić information content (AvgIpc) is 2.11. The molecule has 0 saturated heterocycles. The standard InChI is InChI=1S/C12H13N/c1-4-6-11-8-9(3)7-10(5-2)12(11)13/h2,4,6-8H,13H2,1,3H3/b6-4-. The van der Waals surface area contributed by atoms with Crippen LogP contribution in [0.3, 0.4) is 0 Å². The van der Waals surface area contributed by atoms with E-state index in [-0.39, 0.29) is 0 Å². The predicted molar refractivity (Wildman–Crippen MR) is 58.2 cm³/mol. The summed E-state index contributed by atoms with van der Waals surface area (Å²) in [6, 6.07) is 3.94. The molecule has 1 nitrogen and oxygen atoms in total. The number of hydrogen-bond donors (Lipinski definition) is 1. The molecule has 66 valence electrons. The van der Waals surface area contributed by atoms with Gasteiger partial charge < -0.3 is 5.73 Å². The molecule has 1 heteroatoms. The molecule has 0 aromatic heterocycles. The molecule has 0 heterocycles. The topological polar surface area (TPSA) is 26.0 Å². The zero-order valence-electron chi connectivity index (χ0n) is 7.96. The number of allylic oxidation sites excluding steroid dienone is 1. The Balaban J connectivity index is 3.37. The van der Waals surface area contributed by atoms with Gasteiger partial charge in [-0.2, -0.15) is 0 Å². The number of nitrogen functional groups attached to an aromatic ring is 1. The molecule has 0 saturated carbocycles. The molecule has 1 rings (SSSR count). The fourth-order valence-electron chi connectivity index (χ4n) is 1.26. The Hall–Kier alpha value is -1.68. The Morgan fingerprint density at radius 2 is 2.15 bits per heavy atom. The van der Waals surface area contributed by atoms with E-state index in [9.17, 15) is 0 Å². The third-order valence-corrected chi connectivity index (χ3v) is 1.86. The summed E-state index contributed by atoms with van der Waals surface area (Å²) in [5, 5.41) is 0. The molecule has 0 unspecified atom stereocenters. The largest absolute Gasteiger partial charge is 0.397 e. The van der Waals surface area contributed by atoms with Crippen LogP contribution in [0.2, 0.25) is 0 Å². The lowest BCUT2D eigenvalue weighted by Gasteiger charge is -2.05. The fraction of sp³-hybridized carbons (Fsp3) is 0.167. The van der Waals surface area contributed by atoms with Crippen LogP contribution in [0.15, 0.2) is 18.2 Å². The second kappa shape index (κ2) is 3.82. The number of anilines is 1. The summed E-state index contributed by atoms with van der Waals surface area (Å²) in [5.41, 5.74) is 9.44. The number of terminal acetylenes is 1. The minimum atomic E-state index is 0.686. The van der Waals surface area contributed by atoms with Gasteiger partial charge in [0.2, 0.25) is 0 Å². The minimum Gasteiger partial charge on any atom is -0.397 e. The van der Waals surface area contributed by atoms with Crippen LogP contribution < -0.4 is 5.73 Å². The molecule has 1 aromatic carbocycles. The first-order chi connectivity index (χ1) is 6.19. The molecule has 0 spiro atoms. The summed E-state index contributed by atoms with van der Waals surface area (Å²) in [5.74, 6) is 2.58. The van der Waals surface area contributed by atoms with Crippen LogP contribution in [-0.4, -0.2) is 0 Å². The predicted octanol–water partition coefficient (Wildman–Crippen LogP) is 2.59. The molecule has 0 radical (unpaired) electrons. The van der Waals surface area contributed by atoms with E-state index < -0.39 is 0 Å². The summed E-state index contributed by atoms with van der Waals surface area (Å²) in [4.78, 5) is 0. The minimum absolute atomic E-state index is 0.686. The average molecular weight is 171 g/mol. The van der Waals surface area contributed by atoms with Crippen LogP contribution in [-0.2, 0) is 0 Å². The molecule has 0 bridgehead atoms. The highest BCUT2D eigenvalue weighted by Gasteiger charge is 2.01. The SMILES string of the molecule is C#Cc1cc(C)cc(/C=C\C)c1N. The van der Waals surface area contributed by atoms with Crippen molar-refractivity contribution in [3.63, 3.8) is 0 Å². The van der Waals surface area contributed by atoms with Crippen molar-refractivity contribution in [3.8, 4) is 12.3 Å². The van der Waals surface area contributed by atoms with Gasteiger partial charge >= 0.3 is 0 Å². The summed E-state index contributed by atoms with van der Waals surface area (Å²) in [6.07, 6.45) is 9.24. The number of hydrogen-bond acceptors (Lipinski definition) is 1. The Morgan fingerprint density at radius 1 is 1.46 bits per heavy atom. The fourth-order valence-corrected chi connectivity index (χ4v) is 1.26. The van der Waals surface area contributed by atoms with Gasteiger partial charge in [0.15, 0.2) is 0 Å². The van der Waals surface area contributed by atoms with Gasteiger partial charge in [-0.1, -0.05) is 18.1 Å². The third-order valence-electron chi connectivity index (χ3n) is 1.86. The molecule has 13 heavy (non-hydrogen) atoms. The Kier molecular flexibility index (Phi) is 2.76. The van der Waals surface area contributed by atoms with Crippen molar-refractivity contribution in [3.05, 3.63) is 34.9 Å². The second-order valence-electron chi connectivity index (χ2n) is 2.96. The first kappa shape index (κ1) is 9.41. The first-order valence-electron chi connectivity index (χ1n) is 4.18. The van der Waals surface area contributed by atoms with Crippen molar-refractivity contribution >= 4 is 11.8 Å². The normalized spacial score (nSPS) is 10.2. The van der Waals surface area contributed by atoms with Crippen LogP contribution in [0.5, 0.6) is 0 Å². The van der Waals surface area contributed by atoms with Crippen LogP contribution in [0, 0.1) is 19.3 Å². The van der Waals surface area contributed by atoms with Crippen molar-refractivity contribution < 1.29 is 0 Å². The van der Waals surface area contributed by atoms with E-state index in [1.807, 2.05) is 38.1 Å². The van der Waals surface area contributed by atoms with Gasteiger partial charge in [0.05, 0.1) is 5.69 Å². The number of benzene rings is 1. The van der Waals surface area contributed by atoms with Crippen LogP contribution in [0.25, 0.3) is 6.08 Å². The summed E-state index contributed by atoms with van der Waals surface area (Å²) in [6.45, 7) is 3.96. The van der Waals surface area contributed by atoms with Crippen LogP contribution in [0.4, 0.5) is 5.69 Å². The van der Waals surface area contributed by atoms with E-state index in [1.54, 1.807) is 0 Å². The number of nitrogens with two attached hydrogens (primary N) is 1.